The molecule has 0 aliphatic carbocycles. The first-order valence-corrected chi connectivity index (χ1v) is 6.78. The van der Waals surface area contributed by atoms with E-state index in [1.165, 1.54) is 13.3 Å². The van der Waals surface area contributed by atoms with Crippen molar-refractivity contribution in [2.75, 3.05) is 13.8 Å². The van der Waals surface area contributed by atoms with Gasteiger partial charge in [0.2, 0.25) is 0 Å². The van der Waals surface area contributed by atoms with E-state index in [-0.39, 0.29) is 0 Å². The largest absolute Gasteiger partial charge is 0.399 e. The maximum absolute atomic E-state index is 12.5. The van der Waals surface area contributed by atoms with Crippen molar-refractivity contribution in [2.24, 2.45) is 10.9 Å². The number of rotatable bonds is 6. The summed E-state index contributed by atoms with van der Waals surface area (Å²) in [5, 5.41) is 13.5. The molecule has 0 saturated carbocycles. The van der Waals surface area contributed by atoms with Gasteiger partial charge >= 0.3 is 0 Å². The number of hydrogen-bond donors (Lipinski definition) is 2. The topological polar surface area (TPSA) is 80.7 Å². The quantitative estimate of drug-likeness (QED) is 0.632. The molecular formula is C16H18FN3O2. The maximum Gasteiger partial charge on any atom is 0.107 e. The first-order chi connectivity index (χ1) is 10.7. The van der Waals surface area contributed by atoms with Crippen LogP contribution in [0.3, 0.4) is 0 Å². The first kappa shape index (κ1) is 16.1. The van der Waals surface area contributed by atoms with Crippen molar-refractivity contribution in [1.82, 2.24) is 4.98 Å². The number of pyridine rings is 1. The van der Waals surface area contributed by atoms with E-state index in [9.17, 15) is 9.50 Å². The van der Waals surface area contributed by atoms with Crippen molar-refractivity contribution in [2.45, 2.75) is 12.1 Å². The molecule has 3 N–H and O–H groups in total. The average molecular weight is 303 g/mol. The van der Waals surface area contributed by atoms with Gasteiger partial charge in [0.1, 0.15) is 13.8 Å². The SMILES string of the molecule is CO/N=C/c1ccc(-c2ccc([C@@H](O)[C@H](N)CF)cc2)cn1. The summed E-state index contributed by atoms with van der Waals surface area (Å²) in [6.07, 6.45) is 2.22. The number of aromatic nitrogens is 1. The number of alkyl halides is 1. The molecule has 1 aromatic carbocycles. The van der Waals surface area contributed by atoms with E-state index in [4.69, 9.17) is 5.73 Å². The van der Waals surface area contributed by atoms with Crippen LogP contribution < -0.4 is 5.73 Å². The fourth-order valence-corrected chi connectivity index (χ4v) is 1.96. The molecule has 22 heavy (non-hydrogen) atoms. The molecule has 0 aliphatic rings. The number of halogens is 1. The van der Waals surface area contributed by atoms with Gasteiger partial charge in [-0.2, -0.15) is 0 Å². The summed E-state index contributed by atoms with van der Waals surface area (Å²) in [4.78, 5) is 8.84. The Balaban J connectivity index is 2.15. The molecule has 6 heteroatoms. The predicted octanol–water partition coefficient (Wildman–Crippen LogP) is 2.06. The van der Waals surface area contributed by atoms with Crippen molar-refractivity contribution < 1.29 is 14.3 Å². The second kappa shape index (κ2) is 7.63. The van der Waals surface area contributed by atoms with Crippen molar-refractivity contribution in [3.63, 3.8) is 0 Å². The van der Waals surface area contributed by atoms with Crippen LogP contribution in [0.15, 0.2) is 47.8 Å². The highest BCUT2D eigenvalue weighted by Crippen LogP contribution is 2.22. The molecule has 116 valence electrons. The van der Waals surface area contributed by atoms with E-state index < -0.39 is 18.8 Å². The molecule has 5 nitrogen and oxygen atoms in total. The van der Waals surface area contributed by atoms with E-state index in [0.717, 1.165) is 11.1 Å². The molecule has 2 atom stereocenters. The second-order valence-electron chi connectivity index (χ2n) is 4.77. The van der Waals surface area contributed by atoms with Gasteiger partial charge in [-0.15, -0.1) is 0 Å². The lowest BCUT2D eigenvalue weighted by Gasteiger charge is -2.16. The van der Waals surface area contributed by atoms with E-state index in [2.05, 4.69) is 15.0 Å². The Bertz CT molecular complexity index is 614. The Morgan fingerprint density at radius 3 is 2.50 bits per heavy atom. The zero-order chi connectivity index (χ0) is 15.9. The van der Waals surface area contributed by atoms with Gasteiger partial charge in [-0.3, -0.25) is 4.98 Å². The summed E-state index contributed by atoms with van der Waals surface area (Å²) >= 11 is 0. The number of benzene rings is 1. The number of nitrogens with two attached hydrogens (primary N) is 1. The number of aliphatic hydroxyl groups excluding tert-OH is 1. The molecule has 0 unspecified atom stereocenters. The van der Waals surface area contributed by atoms with Gasteiger partial charge in [-0.25, -0.2) is 4.39 Å². The van der Waals surface area contributed by atoms with E-state index in [1.807, 2.05) is 24.3 Å². The molecule has 0 amide bonds. The molecule has 0 fully saturated rings. The third kappa shape index (κ3) is 3.87. The lowest BCUT2D eigenvalue weighted by molar-refractivity contribution is 0.132. The van der Waals surface area contributed by atoms with Crippen molar-refractivity contribution in [3.05, 3.63) is 53.9 Å². The zero-order valence-corrected chi connectivity index (χ0v) is 12.2. The summed E-state index contributed by atoms with van der Waals surface area (Å²) in [6.45, 7) is -0.767. The second-order valence-corrected chi connectivity index (χ2v) is 4.77. The Morgan fingerprint density at radius 2 is 1.95 bits per heavy atom. The molecule has 0 spiro atoms. The number of nitrogens with zero attached hydrogens (tertiary/aromatic N) is 2. The van der Waals surface area contributed by atoms with Crippen LogP contribution in [0.5, 0.6) is 0 Å². The Labute approximate surface area is 128 Å². The fraction of sp³-hybridized carbons (Fsp3) is 0.250. The Kier molecular flexibility index (Phi) is 5.57. The third-order valence-electron chi connectivity index (χ3n) is 3.25. The van der Waals surface area contributed by atoms with Crippen LogP contribution in [-0.4, -0.2) is 36.1 Å². The van der Waals surface area contributed by atoms with E-state index in [0.29, 0.717) is 11.3 Å². The molecule has 2 aromatic rings. The van der Waals surface area contributed by atoms with Crippen LogP contribution in [0.1, 0.15) is 17.4 Å². The van der Waals surface area contributed by atoms with Gasteiger partial charge in [0.05, 0.1) is 24.1 Å². The predicted molar refractivity (Wildman–Crippen MR) is 83.2 cm³/mol. The molecule has 0 radical (unpaired) electrons. The average Bonchev–Trinajstić information content (AvgIpc) is 2.59. The summed E-state index contributed by atoms with van der Waals surface area (Å²) < 4.78 is 12.5. The van der Waals surface area contributed by atoms with Gasteiger partial charge < -0.3 is 15.7 Å². The molecule has 0 saturated heterocycles. The van der Waals surface area contributed by atoms with Gasteiger partial charge in [0.15, 0.2) is 0 Å². The van der Waals surface area contributed by atoms with Crippen LogP contribution in [0.25, 0.3) is 11.1 Å². The molecule has 2 rings (SSSR count). The Hall–Kier alpha value is -2.31. The number of oxime groups is 1. The van der Waals surface area contributed by atoms with Crippen LogP contribution in [0.2, 0.25) is 0 Å². The van der Waals surface area contributed by atoms with Crippen LogP contribution in [0.4, 0.5) is 4.39 Å². The summed E-state index contributed by atoms with van der Waals surface area (Å²) in [6, 6.07) is 9.95. The van der Waals surface area contributed by atoms with Gasteiger partial charge in [0.25, 0.3) is 0 Å². The summed E-state index contributed by atoms with van der Waals surface area (Å²) in [5.41, 5.74) is 8.63. The molecule has 1 aromatic heterocycles. The smallest absolute Gasteiger partial charge is 0.107 e. The standard InChI is InChI=1S/C16H18FN3O2/c1-22-20-10-14-7-6-13(9-19-14)11-2-4-12(5-3-11)16(21)15(18)8-17/h2-7,9-10,15-16,21H,8,18H2,1H3/b20-10+/t15-,16-/m1/s1. The molecule has 1 heterocycles. The van der Waals surface area contributed by atoms with Gasteiger partial charge in [0, 0.05) is 11.8 Å². The minimum absolute atomic E-state index is 0.589. The highest BCUT2D eigenvalue weighted by atomic mass is 19.1. The molecular weight excluding hydrogens is 285 g/mol. The minimum atomic E-state index is -1.01. The fourth-order valence-electron chi connectivity index (χ4n) is 1.96. The van der Waals surface area contributed by atoms with Crippen molar-refractivity contribution in [3.8, 4) is 11.1 Å². The van der Waals surface area contributed by atoms with E-state index in [1.54, 1.807) is 18.3 Å². The van der Waals surface area contributed by atoms with Crippen LogP contribution >= 0.6 is 0 Å². The summed E-state index contributed by atoms with van der Waals surface area (Å²) in [5.74, 6) is 0. The van der Waals surface area contributed by atoms with Crippen LogP contribution in [0, 0.1) is 0 Å². The van der Waals surface area contributed by atoms with Crippen molar-refractivity contribution in [1.29, 1.82) is 0 Å². The highest BCUT2D eigenvalue weighted by Gasteiger charge is 2.16. The third-order valence-corrected chi connectivity index (χ3v) is 3.25. The highest BCUT2D eigenvalue weighted by molar-refractivity contribution is 5.77. The molecule has 0 bridgehead atoms. The first-order valence-electron chi connectivity index (χ1n) is 6.78. The van der Waals surface area contributed by atoms with Gasteiger partial charge in [-0.1, -0.05) is 35.5 Å². The normalized spacial score (nSPS) is 14.0. The maximum atomic E-state index is 12.5. The van der Waals surface area contributed by atoms with E-state index >= 15 is 0 Å². The van der Waals surface area contributed by atoms with Gasteiger partial charge in [-0.05, 0) is 17.2 Å². The minimum Gasteiger partial charge on any atom is -0.399 e. The molecule has 0 aliphatic heterocycles. The van der Waals surface area contributed by atoms with Crippen LogP contribution in [-0.2, 0) is 4.84 Å². The lowest BCUT2D eigenvalue weighted by atomic mass is 10.00. The monoisotopic (exact) mass is 303 g/mol. The summed E-state index contributed by atoms with van der Waals surface area (Å²) in [7, 11) is 1.47. The number of aliphatic hydroxyl groups is 1. The number of hydrogen-bond acceptors (Lipinski definition) is 5. The Morgan fingerprint density at radius 1 is 1.27 bits per heavy atom. The lowest BCUT2D eigenvalue weighted by Crippen LogP contribution is -2.30. The van der Waals surface area contributed by atoms with Crippen molar-refractivity contribution >= 4 is 6.21 Å². The zero-order valence-electron chi connectivity index (χ0n) is 12.2.